The van der Waals surface area contributed by atoms with Gasteiger partial charge in [-0.2, -0.15) is 0 Å². The standard InChI is InChI=1S/C17H26O4/c1-16(2,3)20-14(18)12-10-7-8-11(9-10)13(12)15(19)21-17(4,5)6/h7-8,10-13H,9H2,1-6H3/t10?,11?,12-,13-/m0/s1. The summed E-state index contributed by atoms with van der Waals surface area (Å²) in [6, 6.07) is 0. The second-order valence-electron chi connectivity index (χ2n) is 8.07. The van der Waals surface area contributed by atoms with Gasteiger partial charge in [-0.1, -0.05) is 12.2 Å². The number of ether oxygens (including phenoxy) is 2. The first kappa shape index (κ1) is 16.1. The molecule has 0 aromatic heterocycles. The molecule has 2 rings (SSSR count). The van der Waals surface area contributed by atoms with Gasteiger partial charge < -0.3 is 9.47 Å². The highest BCUT2D eigenvalue weighted by Crippen LogP contribution is 2.49. The van der Waals surface area contributed by atoms with Crippen molar-refractivity contribution in [2.75, 3.05) is 0 Å². The summed E-state index contributed by atoms with van der Waals surface area (Å²) in [6.07, 6.45) is 4.92. The molecule has 2 aliphatic rings. The largest absolute Gasteiger partial charge is 0.460 e. The van der Waals surface area contributed by atoms with Crippen LogP contribution in [0.15, 0.2) is 12.2 Å². The molecular weight excluding hydrogens is 268 g/mol. The van der Waals surface area contributed by atoms with E-state index in [0.717, 1.165) is 6.42 Å². The zero-order chi connectivity index (χ0) is 16.0. The van der Waals surface area contributed by atoms with E-state index in [9.17, 15) is 9.59 Å². The highest BCUT2D eigenvalue weighted by molar-refractivity contribution is 5.84. The van der Waals surface area contributed by atoms with Crippen molar-refractivity contribution in [2.24, 2.45) is 23.7 Å². The molecule has 0 aromatic carbocycles. The van der Waals surface area contributed by atoms with Gasteiger partial charge in [0.1, 0.15) is 11.2 Å². The normalized spacial score (nSPS) is 31.3. The van der Waals surface area contributed by atoms with Crippen LogP contribution >= 0.6 is 0 Å². The van der Waals surface area contributed by atoms with Crippen LogP contribution in [0.25, 0.3) is 0 Å². The Bertz CT molecular complexity index is 422. The third-order valence-electron chi connectivity index (χ3n) is 3.82. The lowest BCUT2D eigenvalue weighted by molar-refractivity contribution is -0.173. The van der Waals surface area contributed by atoms with Crippen LogP contribution in [0.4, 0.5) is 0 Å². The van der Waals surface area contributed by atoms with Crippen molar-refractivity contribution in [2.45, 2.75) is 59.2 Å². The molecule has 1 saturated carbocycles. The van der Waals surface area contributed by atoms with Crippen molar-refractivity contribution in [1.82, 2.24) is 0 Å². The Kier molecular flexibility index (Phi) is 3.94. The van der Waals surface area contributed by atoms with Crippen LogP contribution in [0, 0.1) is 23.7 Å². The van der Waals surface area contributed by atoms with Gasteiger partial charge in [0.2, 0.25) is 0 Å². The number of esters is 2. The molecule has 0 spiro atoms. The number of fused-ring (bicyclic) bond motifs is 2. The van der Waals surface area contributed by atoms with Crippen LogP contribution in [-0.2, 0) is 19.1 Å². The number of carbonyl (C=O) groups is 2. The van der Waals surface area contributed by atoms with E-state index in [1.807, 2.05) is 53.7 Å². The van der Waals surface area contributed by atoms with E-state index in [1.54, 1.807) is 0 Å². The monoisotopic (exact) mass is 294 g/mol. The Morgan fingerprint density at radius 3 is 1.43 bits per heavy atom. The van der Waals surface area contributed by atoms with Crippen molar-refractivity contribution in [1.29, 1.82) is 0 Å². The van der Waals surface area contributed by atoms with Crippen molar-refractivity contribution in [3.8, 4) is 0 Å². The van der Waals surface area contributed by atoms with Crippen LogP contribution in [0.3, 0.4) is 0 Å². The van der Waals surface area contributed by atoms with Gasteiger partial charge in [0, 0.05) is 0 Å². The van der Waals surface area contributed by atoms with Crippen LogP contribution in [0.1, 0.15) is 48.0 Å². The van der Waals surface area contributed by atoms with Crippen LogP contribution in [-0.4, -0.2) is 23.1 Å². The molecule has 2 aliphatic carbocycles. The number of rotatable bonds is 2. The molecule has 0 aromatic rings. The lowest BCUT2D eigenvalue weighted by Gasteiger charge is -2.30. The molecular formula is C17H26O4. The highest BCUT2D eigenvalue weighted by Gasteiger charge is 2.54. The van der Waals surface area contributed by atoms with Crippen molar-refractivity contribution >= 4 is 11.9 Å². The van der Waals surface area contributed by atoms with E-state index in [4.69, 9.17) is 9.47 Å². The minimum absolute atomic E-state index is 0.0994. The summed E-state index contributed by atoms with van der Waals surface area (Å²) in [7, 11) is 0. The van der Waals surface area contributed by atoms with Crippen molar-refractivity contribution < 1.29 is 19.1 Å². The lowest BCUT2D eigenvalue weighted by atomic mass is 9.83. The van der Waals surface area contributed by atoms with Gasteiger partial charge in [0.15, 0.2) is 0 Å². The number of allylic oxidation sites excluding steroid dienone is 2. The van der Waals surface area contributed by atoms with Gasteiger partial charge in [0.05, 0.1) is 11.8 Å². The number of hydrogen-bond donors (Lipinski definition) is 0. The fourth-order valence-corrected chi connectivity index (χ4v) is 3.20. The second kappa shape index (κ2) is 5.15. The van der Waals surface area contributed by atoms with E-state index in [0.29, 0.717) is 0 Å². The summed E-state index contributed by atoms with van der Waals surface area (Å²) < 4.78 is 11.0. The molecule has 0 heterocycles. The third kappa shape index (κ3) is 3.66. The van der Waals surface area contributed by atoms with Crippen molar-refractivity contribution in [3.63, 3.8) is 0 Å². The molecule has 21 heavy (non-hydrogen) atoms. The summed E-state index contributed by atoms with van der Waals surface area (Å²) in [5.74, 6) is -1.18. The Morgan fingerprint density at radius 2 is 1.14 bits per heavy atom. The zero-order valence-electron chi connectivity index (χ0n) is 13.8. The summed E-state index contributed by atoms with van der Waals surface area (Å²) in [4.78, 5) is 24.9. The van der Waals surface area contributed by atoms with E-state index in [2.05, 4.69) is 0 Å². The molecule has 4 heteroatoms. The molecule has 4 nitrogen and oxygen atoms in total. The minimum Gasteiger partial charge on any atom is -0.460 e. The molecule has 0 aliphatic heterocycles. The third-order valence-corrected chi connectivity index (χ3v) is 3.82. The van der Waals surface area contributed by atoms with Gasteiger partial charge >= 0.3 is 11.9 Å². The summed E-state index contributed by atoms with van der Waals surface area (Å²) in [5.41, 5.74) is -1.08. The maximum absolute atomic E-state index is 12.5. The van der Waals surface area contributed by atoms with Crippen LogP contribution < -0.4 is 0 Å². The first-order valence-electron chi connectivity index (χ1n) is 7.62. The smallest absolute Gasteiger partial charge is 0.310 e. The SMILES string of the molecule is CC(C)(C)OC(=O)[C@H]1C2C=CC(C2)[C@@H]1C(=O)OC(C)(C)C. The summed E-state index contributed by atoms with van der Waals surface area (Å²) >= 11 is 0. The van der Waals surface area contributed by atoms with Gasteiger partial charge in [-0.05, 0) is 59.8 Å². The van der Waals surface area contributed by atoms with E-state index >= 15 is 0 Å². The van der Waals surface area contributed by atoms with E-state index in [-0.39, 0.29) is 23.8 Å². The van der Waals surface area contributed by atoms with Gasteiger partial charge in [0.25, 0.3) is 0 Å². The Labute approximate surface area is 126 Å². The zero-order valence-corrected chi connectivity index (χ0v) is 13.8. The summed E-state index contributed by atoms with van der Waals surface area (Å²) in [5, 5.41) is 0. The predicted octanol–water partition coefficient (Wildman–Crippen LogP) is 3.11. The van der Waals surface area contributed by atoms with Gasteiger partial charge in [-0.15, -0.1) is 0 Å². The fourth-order valence-electron chi connectivity index (χ4n) is 3.20. The average Bonchev–Trinajstić information content (AvgIpc) is 2.82. The van der Waals surface area contributed by atoms with Gasteiger partial charge in [-0.3, -0.25) is 9.59 Å². The maximum atomic E-state index is 12.5. The Balaban J connectivity index is 2.17. The maximum Gasteiger partial charge on any atom is 0.310 e. The molecule has 4 atom stereocenters. The first-order valence-corrected chi connectivity index (χ1v) is 7.62. The number of carbonyl (C=O) groups excluding carboxylic acids is 2. The molecule has 0 amide bonds. The molecule has 118 valence electrons. The van der Waals surface area contributed by atoms with E-state index < -0.39 is 23.0 Å². The average molecular weight is 294 g/mol. The predicted molar refractivity (Wildman–Crippen MR) is 79.4 cm³/mol. The quantitative estimate of drug-likeness (QED) is 0.580. The van der Waals surface area contributed by atoms with Crippen molar-refractivity contribution in [3.05, 3.63) is 12.2 Å². The molecule has 1 fully saturated rings. The molecule has 0 N–H and O–H groups in total. The number of hydrogen-bond acceptors (Lipinski definition) is 4. The highest BCUT2D eigenvalue weighted by atomic mass is 16.6. The van der Waals surface area contributed by atoms with Gasteiger partial charge in [-0.25, -0.2) is 0 Å². The Morgan fingerprint density at radius 1 is 0.810 bits per heavy atom. The van der Waals surface area contributed by atoms with E-state index in [1.165, 1.54) is 0 Å². The molecule has 2 bridgehead atoms. The fraction of sp³-hybridized carbons (Fsp3) is 0.765. The summed E-state index contributed by atoms with van der Waals surface area (Å²) in [6.45, 7) is 11.1. The van der Waals surface area contributed by atoms with Crippen LogP contribution in [0.5, 0.6) is 0 Å². The molecule has 2 unspecified atom stereocenters. The molecule has 0 radical (unpaired) electrons. The second-order valence-corrected chi connectivity index (χ2v) is 8.07. The lowest BCUT2D eigenvalue weighted by Crippen LogP contribution is -2.40. The van der Waals surface area contributed by atoms with Crippen LogP contribution in [0.2, 0.25) is 0 Å². The Hall–Kier alpha value is -1.32. The first-order chi connectivity index (χ1) is 9.48. The minimum atomic E-state index is -0.541. The topological polar surface area (TPSA) is 52.6 Å². The molecule has 0 saturated heterocycles.